The summed E-state index contributed by atoms with van der Waals surface area (Å²) in [6.07, 6.45) is 0. The zero-order chi connectivity index (χ0) is 18.0. The van der Waals surface area contributed by atoms with Gasteiger partial charge in [0, 0.05) is 15.6 Å². The average Bonchev–Trinajstić information content (AvgIpc) is 2.62. The number of amides is 2. The van der Waals surface area contributed by atoms with Crippen LogP contribution in [0.5, 0.6) is 0 Å². The molecule has 0 radical (unpaired) electrons. The number of nitrogens with two attached hydrogens (primary N) is 1. The highest BCUT2D eigenvalue weighted by atomic mass is 79.9. The van der Waals surface area contributed by atoms with Gasteiger partial charge in [-0.3, -0.25) is 14.8 Å². The van der Waals surface area contributed by atoms with E-state index in [1.165, 1.54) is 0 Å². The molecule has 3 N–H and O–H groups in total. The Morgan fingerprint density at radius 3 is 2.08 bits per heavy atom. The number of hydrogen-bond acceptors (Lipinski definition) is 3. The summed E-state index contributed by atoms with van der Waals surface area (Å²) in [7, 11) is 0. The van der Waals surface area contributed by atoms with Crippen LogP contribution in [0.25, 0.3) is 10.8 Å². The van der Waals surface area contributed by atoms with E-state index < -0.39 is 11.8 Å². The number of nitrogens with zero attached hydrogens (tertiary/aromatic N) is 1. The summed E-state index contributed by atoms with van der Waals surface area (Å²) in [5.74, 6) is -0.998. The van der Waals surface area contributed by atoms with E-state index in [4.69, 9.17) is 5.73 Å². The molecule has 3 aromatic carbocycles. The number of hydrogen-bond donors (Lipinski definition) is 2. The van der Waals surface area contributed by atoms with Crippen LogP contribution in [-0.4, -0.2) is 22.1 Å². The molecule has 0 fully saturated rings. The number of rotatable bonds is 4. The smallest absolute Gasteiger partial charge is 0.277 e. The number of carbonyl (C=O) groups excluding carboxylic acids is 2. The number of hydroxylamine groups is 2. The largest absolute Gasteiger partial charge is 0.366 e. The predicted octanol–water partition coefficient (Wildman–Crippen LogP) is 3.73. The molecular formula is C19H15BrN2O3. The van der Waals surface area contributed by atoms with Crippen molar-refractivity contribution in [2.75, 3.05) is 0 Å². The maximum Gasteiger partial charge on any atom is 0.277 e. The van der Waals surface area contributed by atoms with Gasteiger partial charge in [-0.2, -0.15) is 0 Å². The van der Waals surface area contributed by atoms with Gasteiger partial charge in [0.15, 0.2) is 0 Å². The molecule has 0 aliphatic rings. The molecule has 3 aromatic rings. The first-order valence-corrected chi connectivity index (χ1v) is 8.32. The lowest BCUT2D eigenvalue weighted by Gasteiger charge is -2.15. The van der Waals surface area contributed by atoms with E-state index >= 15 is 0 Å². The third kappa shape index (κ3) is 3.87. The minimum Gasteiger partial charge on any atom is -0.366 e. The SMILES string of the molecule is NC(=O)c1ccc2cc(C(=O)N(O)Cc3ccc(Br)cc3)ccc2c1. The number of halogens is 1. The molecular weight excluding hydrogens is 384 g/mol. The fourth-order valence-corrected chi connectivity index (χ4v) is 2.78. The lowest BCUT2D eigenvalue weighted by Crippen LogP contribution is -2.26. The van der Waals surface area contributed by atoms with Gasteiger partial charge < -0.3 is 5.73 Å². The molecule has 126 valence electrons. The lowest BCUT2D eigenvalue weighted by molar-refractivity contribution is -0.0648. The van der Waals surface area contributed by atoms with Crippen molar-refractivity contribution >= 4 is 38.5 Å². The second-order valence-corrected chi connectivity index (χ2v) is 6.55. The van der Waals surface area contributed by atoms with Crippen molar-refractivity contribution in [2.45, 2.75) is 6.54 Å². The number of fused-ring (bicyclic) bond motifs is 1. The first kappa shape index (κ1) is 17.1. The van der Waals surface area contributed by atoms with Gasteiger partial charge in [-0.25, -0.2) is 5.06 Å². The molecule has 0 bridgehead atoms. The normalized spacial score (nSPS) is 10.6. The van der Waals surface area contributed by atoms with Gasteiger partial charge in [0.05, 0.1) is 6.54 Å². The van der Waals surface area contributed by atoms with Crippen molar-refractivity contribution in [3.05, 3.63) is 81.8 Å². The molecule has 0 atom stereocenters. The molecule has 0 heterocycles. The Morgan fingerprint density at radius 1 is 0.920 bits per heavy atom. The Morgan fingerprint density at radius 2 is 1.48 bits per heavy atom. The van der Waals surface area contributed by atoms with Crippen LogP contribution in [-0.2, 0) is 6.54 Å². The van der Waals surface area contributed by atoms with Crippen LogP contribution in [0, 0.1) is 0 Å². The zero-order valence-corrected chi connectivity index (χ0v) is 14.7. The van der Waals surface area contributed by atoms with Crippen LogP contribution in [0.3, 0.4) is 0 Å². The molecule has 0 aromatic heterocycles. The highest BCUT2D eigenvalue weighted by Gasteiger charge is 2.15. The molecule has 2 amide bonds. The van der Waals surface area contributed by atoms with Crippen LogP contribution in [0.2, 0.25) is 0 Å². The van der Waals surface area contributed by atoms with Gasteiger partial charge in [-0.1, -0.05) is 40.2 Å². The maximum absolute atomic E-state index is 12.4. The van der Waals surface area contributed by atoms with Gasteiger partial charge in [-0.15, -0.1) is 0 Å². The van der Waals surface area contributed by atoms with Crippen molar-refractivity contribution in [1.29, 1.82) is 0 Å². The summed E-state index contributed by atoms with van der Waals surface area (Å²) >= 11 is 3.34. The molecule has 25 heavy (non-hydrogen) atoms. The second-order valence-electron chi connectivity index (χ2n) is 5.63. The first-order valence-electron chi connectivity index (χ1n) is 7.53. The summed E-state index contributed by atoms with van der Waals surface area (Å²) < 4.78 is 0.928. The van der Waals surface area contributed by atoms with Crippen molar-refractivity contribution in [3.8, 4) is 0 Å². The zero-order valence-electron chi connectivity index (χ0n) is 13.1. The monoisotopic (exact) mass is 398 g/mol. The fourth-order valence-electron chi connectivity index (χ4n) is 2.52. The number of benzene rings is 3. The molecule has 6 heteroatoms. The van der Waals surface area contributed by atoms with Gasteiger partial charge in [0.25, 0.3) is 5.91 Å². The standard InChI is InChI=1S/C19H15BrN2O3/c20-17-7-1-12(2-8-17)11-22(25)19(24)16-6-4-13-9-15(18(21)23)5-3-14(13)10-16/h1-10,25H,11H2,(H2,21,23). The van der Waals surface area contributed by atoms with Crippen molar-refractivity contribution in [2.24, 2.45) is 5.73 Å². The van der Waals surface area contributed by atoms with E-state index in [1.54, 1.807) is 36.4 Å². The molecule has 0 saturated carbocycles. The molecule has 0 aliphatic heterocycles. The Bertz CT molecular complexity index is 955. The highest BCUT2D eigenvalue weighted by molar-refractivity contribution is 9.10. The molecule has 0 spiro atoms. The first-order chi connectivity index (χ1) is 11.9. The molecule has 3 rings (SSSR count). The summed E-state index contributed by atoms with van der Waals surface area (Å²) in [5.41, 5.74) is 6.85. The Labute approximate surface area is 152 Å². The molecule has 5 nitrogen and oxygen atoms in total. The minimum atomic E-state index is -0.502. The Hall–Kier alpha value is -2.70. The van der Waals surface area contributed by atoms with E-state index in [-0.39, 0.29) is 6.54 Å². The molecule has 0 aliphatic carbocycles. The van der Waals surface area contributed by atoms with E-state index in [1.807, 2.05) is 24.3 Å². The Kier molecular flexibility index (Phi) is 4.83. The number of carbonyl (C=O) groups is 2. The summed E-state index contributed by atoms with van der Waals surface area (Å²) in [4.78, 5) is 23.7. The minimum absolute atomic E-state index is 0.0881. The lowest BCUT2D eigenvalue weighted by atomic mass is 10.0. The maximum atomic E-state index is 12.4. The number of primary amides is 1. The average molecular weight is 399 g/mol. The van der Waals surface area contributed by atoms with E-state index in [9.17, 15) is 14.8 Å². The topological polar surface area (TPSA) is 83.6 Å². The predicted molar refractivity (Wildman–Crippen MR) is 98.3 cm³/mol. The molecule has 0 saturated heterocycles. The van der Waals surface area contributed by atoms with Gasteiger partial charge in [0.1, 0.15) is 0 Å². The van der Waals surface area contributed by atoms with Gasteiger partial charge >= 0.3 is 0 Å². The van der Waals surface area contributed by atoms with Gasteiger partial charge in [0.2, 0.25) is 5.91 Å². The van der Waals surface area contributed by atoms with Crippen LogP contribution in [0.15, 0.2) is 65.1 Å². The molecule has 0 unspecified atom stereocenters. The van der Waals surface area contributed by atoms with Gasteiger partial charge in [-0.05, 0) is 52.7 Å². The second kappa shape index (κ2) is 7.04. The van der Waals surface area contributed by atoms with Crippen LogP contribution in [0.1, 0.15) is 26.3 Å². The highest BCUT2D eigenvalue weighted by Crippen LogP contribution is 2.19. The summed E-state index contributed by atoms with van der Waals surface area (Å²) in [5, 5.41) is 12.4. The van der Waals surface area contributed by atoms with E-state index in [2.05, 4.69) is 15.9 Å². The quantitative estimate of drug-likeness (QED) is 0.518. The third-order valence-corrected chi connectivity index (χ3v) is 4.38. The van der Waals surface area contributed by atoms with E-state index in [0.29, 0.717) is 16.2 Å². The van der Waals surface area contributed by atoms with E-state index in [0.717, 1.165) is 20.8 Å². The van der Waals surface area contributed by atoms with Crippen molar-refractivity contribution < 1.29 is 14.8 Å². The van der Waals surface area contributed by atoms with Crippen molar-refractivity contribution in [1.82, 2.24) is 5.06 Å². The summed E-state index contributed by atoms with van der Waals surface area (Å²) in [6.45, 7) is 0.0881. The summed E-state index contributed by atoms with van der Waals surface area (Å²) in [6, 6.07) is 17.4. The van der Waals surface area contributed by atoms with Crippen molar-refractivity contribution in [3.63, 3.8) is 0 Å². The van der Waals surface area contributed by atoms with Crippen LogP contribution < -0.4 is 5.73 Å². The fraction of sp³-hybridized carbons (Fsp3) is 0.0526. The Balaban J connectivity index is 1.82. The third-order valence-electron chi connectivity index (χ3n) is 3.85. The van der Waals surface area contributed by atoms with Crippen LogP contribution >= 0.6 is 15.9 Å². The van der Waals surface area contributed by atoms with Crippen LogP contribution in [0.4, 0.5) is 0 Å².